The maximum Gasteiger partial charge on any atom is 0.254 e. The van der Waals surface area contributed by atoms with Crippen LogP contribution >= 0.6 is 0 Å². The summed E-state index contributed by atoms with van der Waals surface area (Å²) in [4.78, 5) is 28.7. The second kappa shape index (κ2) is 7.28. The number of carbonyl (C=O) groups is 2. The van der Waals surface area contributed by atoms with Gasteiger partial charge in [0, 0.05) is 24.3 Å². The molecule has 1 aliphatic heterocycles. The van der Waals surface area contributed by atoms with Crippen LogP contribution < -0.4 is 4.90 Å². The Balaban J connectivity index is 1.77. The lowest BCUT2D eigenvalue weighted by atomic mass is 10.0. The molecule has 0 aromatic heterocycles. The Morgan fingerprint density at radius 3 is 2.42 bits per heavy atom. The SMILES string of the molecule is CC(C)c1ccc(N2CCN(C(=O)c3cccc(F)c3)[C@H](C)C2=O)cc1. The summed E-state index contributed by atoms with van der Waals surface area (Å²) in [6.45, 7) is 6.80. The van der Waals surface area contributed by atoms with E-state index < -0.39 is 11.9 Å². The summed E-state index contributed by atoms with van der Waals surface area (Å²) in [7, 11) is 0. The van der Waals surface area contributed by atoms with E-state index in [4.69, 9.17) is 0 Å². The fourth-order valence-electron chi connectivity index (χ4n) is 3.23. The van der Waals surface area contributed by atoms with E-state index in [1.165, 1.54) is 28.7 Å². The predicted octanol–water partition coefficient (Wildman–Crippen LogP) is 3.83. The molecule has 0 N–H and O–H groups in total. The monoisotopic (exact) mass is 354 g/mol. The van der Waals surface area contributed by atoms with Crippen LogP contribution in [0.2, 0.25) is 0 Å². The minimum atomic E-state index is -0.593. The number of nitrogens with zero attached hydrogens (tertiary/aromatic N) is 2. The molecule has 1 saturated heterocycles. The fourth-order valence-corrected chi connectivity index (χ4v) is 3.23. The third-order valence-corrected chi connectivity index (χ3v) is 4.86. The number of rotatable bonds is 3. The molecule has 3 rings (SSSR count). The quantitative estimate of drug-likeness (QED) is 0.841. The van der Waals surface area contributed by atoms with Crippen molar-refractivity contribution < 1.29 is 14.0 Å². The van der Waals surface area contributed by atoms with Crippen molar-refractivity contribution in [3.8, 4) is 0 Å². The normalized spacial score (nSPS) is 17.7. The smallest absolute Gasteiger partial charge is 0.254 e. The molecule has 1 heterocycles. The third kappa shape index (κ3) is 3.47. The number of halogens is 1. The van der Waals surface area contributed by atoms with Crippen molar-refractivity contribution in [3.63, 3.8) is 0 Å². The van der Waals surface area contributed by atoms with E-state index in [1.54, 1.807) is 17.9 Å². The summed E-state index contributed by atoms with van der Waals surface area (Å²) >= 11 is 0. The highest BCUT2D eigenvalue weighted by molar-refractivity contribution is 6.03. The van der Waals surface area contributed by atoms with Crippen LogP contribution in [0.5, 0.6) is 0 Å². The molecular weight excluding hydrogens is 331 g/mol. The number of hydrogen-bond acceptors (Lipinski definition) is 2. The molecule has 1 atom stereocenters. The van der Waals surface area contributed by atoms with Crippen LogP contribution in [-0.2, 0) is 4.79 Å². The first kappa shape index (κ1) is 18.1. The summed E-state index contributed by atoms with van der Waals surface area (Å²) in [5.41, 5.74) is 2.32. The summed E-state index contributed by atoms with van der Waals surface area (Å²) in [6, 6.07) is 12.9. The van der Waals surface area contributed by atoms with Gasteiger partial charge in [0.1, 0.15) is 11.9 Å². The fraction of sp³-hybridized carbons (Fsp3) is 0.333. The molecule has 0 radical (unpaired) electrons. The van der Waals surface area contributed by atoms with Crippen LogP contribution in [0.1, 0.15) is 42.6 Å². The van der Waals surface area contributed by atoms with Gasteiger partial charge in [0.05, 0.1) is 0 Å². The summed E-state index contributed by atoms with van der Waals surface area (Å²) in [5, 5.41) is 0. The summed E-state index contributed by atoms with van der Waals surface area (Å²) in [5.74, 6) is -0.475. The zero-order valence-corrected chi connectivity index (χ0v) is 15.3. The lowest BCUT2D eigenvalue weighted by Crippen LogP contribution is -2.57. The van der Waals surface area contributed by atoms with Gasteiger partial charge in [-0.3, -0.25) is 9.59 Å². The molecule has 5 heteroatoms. The number of carbonyl (C=O) groups excluding carboxylic acids is 2. The van der Waals surface area contributed by atoms with E-state index in [2.05, 4.69) is 13.8 Å². The van der Waals surface area contributed by atoms with E-state index in [1.807, 2.05) is 24.3 Å². The maximum absolute atomic E-state index is 13.4. The van der Waals surface area contributed by atoms with Crippen molar-refractivity contribution in [1.29, 1.82) is 0 Å². The minimum Gasteiger partial charge on any atom is -0.325 e. The number of hydrogen-bond donors (Lipinski definition) is 0. The highest BCUT2D eigenvalue weighted by Crippen LogP contribution is 2.24. The zero-order chi connectivity index (χ0) is 18.8. The van der Waals surface area contributed by atoms with Gasteiger partial charge in [-0.1, -0.05) is 32.0 Å². The molecule has 2 aromatic carbocycles. The molecule has 0 unspecified atom stereocenters. The molecule has 1 aliphatic rings. The molecule has 0 aliphatic carbocycles. The zero-order valence-electron chi connectivity index (χ0n) is 15.3. The van der Waals surface area contributed by atoms with Crippen LogP contribution in [0, 0.1) is 5.82 Å². The molecule has 2 amide bonds. The first-order valence-corrected chi connectivity index (χ1v) is 8.86. The van der Waals surface area contributed by atoms with Crippen molar-refractivity contribution in [1.82, 2.24) is 4.90 Å². The van der Waals surface area contributed by atoms with Gasteiger partial charge in [-0.05, 0) is 48.7 Å². The van der Waals surface area contributed by atoms with Crippen LogP contribution in [0.4, 0.5) is 10.1 Å². The van der Waals surface area contributed by atoms with Gasteiger partial charge in [0.15, 0.2) is 0 Å². The Hall–Kier alpha value is -2.69. The molecule has 0 bridgehead atoms. The Morgan fingerprint density at radius 2 is 1.81 bits per heavy atom. The predicted molar refractivity (Wildman–Crippen MR) is 99.8 cm³/mol. The lowest BCUT2D eigenvalue weighted by Gasteiger charge is -2.39. The highest BCUT2D eigenvalue weighted by Gasteiger charge is 2.35. The Kier molecular flexibility index (Phi) is 5.07. The first-order chi connectivity index (χ1) is 12.4. The Labute approximate surface area is 153 Å². The number of amides is 2. The summed E-state index contributed by atoms with van der Waals surface area (Å²) < 4.78 is 13.4. The van der Waals surface area contributed by atoms with E-state index in [0.29, 0.717) is 19.0 Å². The molecular formula is C21H23FN2O2. The molecule has 26 heavy (non-hydrogen) atoms. The molecule has 2 aromatic rings. The highest BCUT2D eigenvalue weighted by atomic mass is 19.1. The second-order valence-electron chi connectivity index (χ2n) is 6.92. The van der Waals surface area contributed by atoms with Crippen molar-refractivity contribution in [2.24, 2.45) is 0 Å². The van der Waals surface area contributed by atoms with E-state index in [9.17, 15) is 14.0 Å². The van der Waals surface area contributed by atoms with Crippen LogP contribution in [0.25, 0.3) is 0 Å². The standard InChI is InChI=1S/C21H23FN2O2/c1-14(2)16-7-9-19(10-8-16)24-12-11-23(15(3)20(24)25)21(26)17-5-4-6-18(22)13-17/h4-10,13-15H,11-12H2,1-3H3/t15-/m1/s1. The van der Waals surface area contributed by atoms with Crippen LogP contribution in [-0.4, -0.2) is 35.8 Å². The topological polar surface area (TPSA) is 40.6 Å². The molecule has 0 saturated carbocycles. The first-order valence-electron chi connectivity index (χ1n) is 8.86. The molecule has 136 valence electrons. The third-order valence-electron chi connectivity index (χ3n) is 4.86. The van der Waals surface area contributed by atoms with Gasteiger partial charge < -0.3 is 9.80 Å². The second-order valence-corrected chi connectivity index (χ2v) is 6.92. The van der Waals surface area contributed by atoms with Gasteiger partial charge in [-0.15, -0.1) is 0 Å². The average molecular weight is 354 g/mol. The van der Waals surface area contributed by atoms with E-state index in [0.717, 1.165) is 5.69 Å². The van der Waals surface area contributed by atoms with Crippen molar-refractivity contribution in [3.05, 3.63) is 65.5 Å². The van der Waals surface area contributed by atoms with Gasteiger partial charge in [-0.25, -0.2) is 4.39 Å². The van der Waals surface area contributed by atoms with Gasteiger partial charge >= 0.3 is 0 Å². The average Bonchev–Trinajstić information content (AvgIpc) is 2.63. The summed E-state index contributed by atoms with van der Waals surface area (Å²) in [6.07, 6.45) is 0. The Morgan fingerprint density at radius 1 is 1.12 bits per heavy atom. The van der Waals surface area contributed by atoms with Gasteiger partial charge in [-0.2, -0.15) is 0 Å². The van der Waals surface area contributed by atoms with Crippen molar-refractivity contribution in [2.75, 3.05) is 18.0 Å². The van der Waals surface area contributed by atoms with Gasteiger partial charge in [0.2, 0.25) is 5.91 Å². The van der Waals surface area contributed by atoms with E-state index >= 15 is 0 Å². The van der Waals surface area contributed by atoms with Crippen molar-refractivity contribution >= 4 is 17.5 Å². The van der Waals surface area contributed by atoms with Crippen LogP contribution in [0.3, 0.4) is 0 Å². The minimum absolute atomic E-state index is 0.127. The van der Waals surface area contributed by atoms with Crippen molar-refractivity contribution in [2.45, 2.75) is 32.7 Å². The van der Waals surface area contributed by atoms with Crippen LogP contribution in [0.15, 0.2) is 48.5 Å². The number of benzene rings is 2. The number of piperazine rings is 1. The largest absolute Gasteiger partial charge is 0.325 e. The van der Waals surface area contributed by atoms with Gasteiger partial charge in [0.25, 0.3) is 5.91 Å². The lowest BCUT2D eigenvalue weighted by molar-refractivity contribution is -0.124. The maximum atomic E-state index is 13.4. The van der Waals surface area contributed by atoms with E-state index in [-0.39, 0.29) is 17.4 Å². The molecule has 0 spiro atoms. The number of anilines is 1. The molecule has 4 nitrogen and oxygen atoms in total. The Bertz CT molecular complexity index is 817. The molecule has 1 fully saturated rings.